The Hall–Kier alpha value is -0.0400. The minimum Gasteiger partial charge on any atom is -0.316 e. The van der Waals surface area contributed by atoms with Crippen LogP contribution in [0.2, 0.25) is 0 Å². The number of hydrogen-bond acceptors (Lipinski definition) is 1. The fourth-order valence-electron chi connectivity index (χ4n) is 3.05. The van der Waals surface area contributed by atoms with Crippen LogP contribution in [-0.2, 0) is 0 Å². The average molecular weight is 253 g/mol. The van der Waals surface area contributed by atoms with Crippen LogP contribution in [0.3, 0.4) is 0 Å². The highest BCUT2D eigenvalue weighted by atomic mass is 14.9. The van der Waals surface area contributed by atoms with Crippen molar-refractivity contribution in [1.29, 1.82) is 0 Å². The second kappa shape index (κ2) is 10.8. The summed E-state index contributed by atoms with van der Waals surface area (Å²) in [5.74, 6) is 1.97. The lowest BCUT2D eigenvalue weighted by molar-refractivity contribution is 0.281. The molecule has 1 nitrogen and oxygen atoms in total. The van der Waals surface area contributed by atoms with E-state index in [2.05, 4.69) is 19.2 Å². The largest absolute Gasteiger partial charge is 0.316 e. The molecule has 1 aliphatic rings. The van der Waals surface area contributed by atoms with Gasteiger partial charge in [-0.15, -0.1) is 0 Å². The van der Waals surface area contributed by atoms with Crippen LogP contribution in [0.4, 0.5) is 0 Å². The van der Waals surface area contributed by atoms with Gasteiger partial charge >= 0.3 is 0 Å². The molecule has 0 spiro atoms. The molecule has 0 amide bonds. The molecule has 0 unspecified atom stereocenters. The van der Waals surface area contributed by atoms with Gasteiger partial charge in [0.25, 0.3) is 0 Å². The smallest absolute Gasteiger partial charge is 0.00205 e. The van der Waals surface area contributed by atoms with Crippen molar-refractivity contribution in [3.8, 4) is 0 Å². The summed E-state index contributed by atoms with van der Waals surface area (Å²) in [5.41, 5.74) is 0. The molecule has 18 heavy (non-hydrogen) atoms. The zero-order valence-electron chi connectivity index (χ0n) is 12.8. The number of hydrogen-bond donors (Lipinski definition) is 1. The first kappa shape index (κ1) is 16.0. The molecule has 1 saturated carbocycles. The third-order valence-electron chi connectivity index (χ3n) is 4.53. The van der Waals surface area contributed by atoms with Crippen LogP contribution >= 0.6 is 0 Å². The lowest BCUT2D eigenvalue weighted by Gasteiger charge is -2.26. The van der Waals surface area contributed by atoms with Gasteiger partial charge in [-0.3, -0.25) is 0 Å². The van der Waals surface area contributed by atoms with Gasteiger partial charge in [0.2, 0.25) is 0 Å². The van der Waals surface area contributed by atoms with E-state index in [4.69, 9.17) is 0 Å². The highest BCUT2D eigenvalue weighted by molar-refractivity contribution is 4.71. The van der Waals surface area contributed by atoms with Crippen molar-refractivity contribution in [1.82, 2.24) is 5.32 Å². The molecule has 0 heterocycles. The van der Waals surface area contributed by atoms with Gasteiger partial charge in [0, 0.05) is 0 Å². The Morgan fingerprint density at radius 2 is 1.44 bits per heavy atom. The third kappa shape index (κ3) is 8.13. The molecule has 1 aliphatic carbocycles. The fourth-order valence-corrected chi connectivity index (χ4v) is 3.05. The van der Waals surface area contributed by atoms with Crippen LogP contribution in [0.1, 0.15) is 84.5 Å². The van der Waals surface area contributed by atoms with E-state index < -0.39 is 0 Å². The summed E-state index contributed by atoms with van der Waals surface area (Å²) in [5, 5.41) is 3.67. The monoisotopic (exact) mass is 253 g/mol. The van der Waals surface area contributed by atoms with Crippen molar-refractivity contribution in [3.05, 3.63) is 0 Å². The SMILES string of the molecule is CCCCCCCCCNCC1CCC(C)CC1. The zero-order chi connectivity index (χ0) is 13.1. The van der Waals surface area contributed by atoms with Gasteiger partial charge in [-0.05, 0) is 44.2 Å². The molecule has 0 aliphatic heterocycles. The second-order valence-electron chi connectivity index (χ2n) is 6.45. The Morgan fingerprint density at radius 1 is 0.833 bits per heavy atom. The maximum atomic E-state index is 3.67. The first-order valence-corrected chi connectivity index (χ1v) is 8.53. The quantitative estimate of drug-likeness (QED) is 0.531. The highest BCUT2D eigenvalue weighted by Gasteiger charge is 2.17. The number of rotatable bonds is 10. The fraction of sp³-hybridized carbons (Fsp3) is 1.00. The summed E-state index contributed by atoms with van der Waals surface area (Å²) in [6, 6.07) is 0. The lowest BCUT2D eigenvalue weighted by atomic mass is 9.83. The standard InChI is InChI=1S/C17H35N/c1-3-4-5-6-7-8-9-14-18-15-17-12-10-16(2)11-13-17/h16-18H,3-15H2,1-2H3. The molecule has 0 atom stereocenters. The molecule has 0 saturated heterocycles. The molecule has 1 heteroatoms. The van der Waals surface area contributed by atoms with Gasteiger partial charge in [0.1, 0.15) is 0 Å². The van der Waals surface area contributed by atoms with Crippen LogP contribution in [0.5, 0.6) is 0 Å². The van der Waals surface area contributed by atoms with Crippen molar-refractivity contribution in [3.63, 3.8) is 0 Å². The molecule has 1 rings (SSSR count). The predicted octanol–water partition coefficient (Wildman–Crippen LogP) is 5.15. The second-order valence-corrected chi connectivity index (χ2v) is 6.45. The van der Waals surface area contributed by atoms with E-state index >= 15 is 0 Å². The molecule has 0 bridgehead atoms. The van der Waals surface area contributed by atoms with Crippen molar-refractivity contribution in [2.75, 3.05) is 13.1 Å². The molecule has 1 fully saturated rings. The van der Waals surface area contributed by atoms with E-state index in [1.165, 1.54) is 83.7 Å². The molecule has 0 aromatic heterocycles. The van der Waals surface area contributed by atoms with Crippen molar-refractivity contribution in [2.45, 2.75) is 84.5 Å². The minimum absolute atomic E-state index is 0.978. The molecular formula is C17H35N. The molecule has 108 valence electrons. The Balaban J connectivity index is 1.78. The summed E-state index contributed by atoms with van der Waals surface area (Å²) in [6.07, 6.45) is 15.8. The van der Waals surface area contributed by atoms with E-state index in [1.54, 1.807) is 0 Å². The molecular weight excluding hydrogens is 218 g/mol. The van der Waals surface area contributed by atoms with E-state index in [1.807, 2.05) is 0 Å². The molecule has 0 radical (unpaired) electrons. The summed E-state index contributed by atoms with van der Waals surface area (Å²) < 4.78 is 0. The Kier molecular flexibility index (Phi) is 9.65. The highest BCUT2D eigenvalue weighted by Crippen LogP contribution is 2.27. The van der Waals surface area contributed by atoms with E-state index in [9.17, 15) is 0 Å². The van der Waals surface area contributed by atoms with Crippen LogP contribution in [0.25, 0.3) is 0 Å². The van der Waals surface area contributed by atoms with Crippen LogP contribution in [-0.4, -0.2) is 13.1 Å². The number of nitrogens with one attached hydrogen (secondary N) is 1. The van der Waals surface area contributed by atoms with Gasteiger partial charge in [-0.25, -0.2) is 0 Å². The van der Waals surface area contributed by atoms with Gasteiger partial charge in [0.15, 0.2) is 0 Å². The topological polar surface area (TPSA) is 12.0 Å². The van der Waals surface area contributed by atoms with E-state index in [-0.39, 0.29) is 0 Å². The van der Waals surface area contributed by atoms with Crippen LogP contribution in [0, 0.1) is 11.8 Å². The molecule has 0 aromatic rings. The minimum atomic E-state index is 0.978. The zero-order valence-corrected chi connectivity index (χ0v) is 12.8. The van der Waals surface area contributed by atoms with Crippen LogP contribution in [0.15, 0.2) is 0 Å². The Labute approximate surface area is 115 Å². The van der Waals surface area contributed by atoms with E-state index in [0.29, 0.717) is 0 Å². The summed E-state index contributed by atoms with van der Waals surface area (Å²) in [4.78, 5) is 0. The van der Waals surface area contributed by atoms with Crippen molar-refractivity contribution in [2.24, 2.45) is 11.8 Å². The number of unbranched alkanes of at least 4 members (excludes halogenated alkanes) is 6. The average Bonchev–Trinajstić information content (AvgIpc) is 2.39. The maximum absolute atomic E-state index is 3.67. The molecule has 1 N–H and O–H groups in total. The van der Waals surface area contributed by atoms with Gasteiger partial charge in [-0.2, -0.15) is 0 Å². The van der Waals surface area contributed by atoms with Crippen molar-refractivity contribution < 1.29 is 0 Å². The summed E-state index contributed by atoms with van der Waals surface area (Å²) >= 11 is 0. The van der Waals surface area contributed by atoms with Gasteiger partial charge < -0.3 is 5.32 Å². The van der Waals surface area contributed by atoms with Gasteiger partial charge in [0.05, 0.1) is 0 Å². The first-order chi connectivity index (χ1) is 8.83. The summed E-state index contributed by atoms with van der Waals surface area (Å²) in [6.45, 7) is 7.22. The maximum Gasteiger partial charge on any atom is -0.00205 e. The lowest BCUT2D eigenvalue weighted by Crippen LogP contribution is -2.26. The van der Waals surface area contributed by atoms with Crippen molar-refractivity contribution >= 4 is 0 Å². The van der Waals surface area contributed by atoms with E-state index in [0.717, 1.165) is 11.8 Å². The Morgan fingerprint density at radius 3 is 2.11 bits per heavy atom. The summed E-state index contributed by atoms with van der Waals surface area (Å²) in [7, 11) is 0. The van der Waals surface area contributed by atoms with Crippen LogP contribution < -0.4 is 5.32 Å². The Bertz CT molecular complexity index is 170. The predicted molar refractivity (Wildman–Crippen MR) is 82.0 cm³/mol. The van der Waals surface area contributed by atoms with Gasteiger partial charge in [-0.1, -0.05) is 65.2 Å². The molecule has 0 aromatic carbocycles. The first-order valence-electron chi connectivity index (χ1n) is 8.53. The normalized spacial score (nSPS) is 24.3. The third-order valence-corrected chi connectivity index (χ3v) is 4.53.